The highest BCUT2D eigenvalue weighted by atomic mass is 16.5. The molecule has 0 aliphatic rings. The predicted octanol–water partition coefficient (Wildman–Crippen LogP) is 1.03. The second kappa shape index (κ2) is 5.87. The standard InChI is InChI=1S/C11H14N2O3/c1-16-6-5-13(11(12)15)10-4-2-3-9(7-10)8-14/h2-4,7-8H,5-6H2,1H3,(H2,12,15). The first-order valence-electron chi connectivity index (χ1n) is 4.80. The molecule has 2 N–H and O–H groups in total. The molecule has 0 atom stereocenters. The molecule has 0 saturated heterocycles. The van der Waals surface area contributed by atoms with Crippen LogP contribution in [-0.2, 0) is 4.74 Å². The van der Waals surface area contributed by atoms with E-state index in [0.717, 1.165) is 6.29 Å². The van der Waals surface area contributed by atoms with Crippen molar-refractivity contribution >= 4 is 18.0 Å². The van der Waals surface area contributed by atoms with Crippen molar-refractivity contribution in [1.82, 2.24) is 0 Å². The van der Waals surface area contributed by atoms with Gasteiger partial charge in [-0.05, 0) is 12.1 Å². The number of amides is 2. The van der Waals surface area contributed by atoms with Crippen LogP contribution in [0.1, 0.15) is 10.4 Å². The molecule has 0 aliphatic carbocycles. The molecule has 2 amide bonds. The fraction of sp³-hybridized carbons (Fsp3) is 0.273. The topological polar surface area (TPSA) is 72.6 Å². The lowest BCUT2D eigenvalue weighted by Crippen LogP contribution is -2.38. The Kier molecular flexibility index (Phi) is 4.47. The zero-order chi connectivity index (χ0) is 12.0. The Hall–Kier alpha value is -1.88. The van der Waals surface area contributed by atoms with Crippen LogP contribution in [0.15, 0.2) is 24.3 Å². The van der Waals surface area contributed by atoms with E-state index in [9.17, 15) is 9.59 Å². The highest BCUT2D eigenvalue weighted by Gasteiger charge is 2.11. The molecule has 0 aromatic heterocycles. The molecule has 0 fully saturated rings. The van der Waals surface area contributed by atoms with Crippen LogP contribution < -0.4 is 10.6 Å². The Labute approximate surface area is 93.8 Å². The first kappa shape index (κ1) is 12.2. The third-order valence-corrected chi connectivity index (χ3v) is 2.10. The van der Waals surface area contributed by atoms with E-state index in [1.54, 1.807) is 31.4 Å². The molecule has 86 valence electrons. The number of anilines is 1. The number of aldehydes is 1. The van der Waals surface area contributed by atoms with Crippen LogP contribution in [0, 0.1) is 0 Å². The molecule has 0 saturated carbocycles. The minimum Gasteiger partial charge on any atom is -0.383 e. The van der Waals surface area contributed by atoms with Crippen LogP contribution in [0.4, 0.5) is 10.5 Å². The maximum Gasteiger partial charge on any atom is 0.319 e. The summed E-state index contributed by atoms with van der Waals surface area (Å²) in [5.41, 5.74) is 6.34. The Bertz CT molecular complexity index is 379. The van der Waals surface area contributed by atoms with Crippen LogP contribution in [0.5, 0.6) is 0 Å². The molecule has 0 bridgehead atoms. The van der Waals surface area contributed by atoms with Crippen LogP contribution in [0.2, 0.25) is 0 Å². The molecule has 5 heteroatoms. The molecular formula is C11H14N2O3. The monoisotopic (exact) mass is 222 g/mol. The summed E-state index contributed by atoms with van der Waals surface area (Å²) in [5.74, 6) is 0. The number of nitrogens with zero attached hydrogens (tertiary/aromatic N) is 1. The molecule has 1 aromatic rings. The van der Waals surface area contributed by atoms with E-state index < -0.39 is 6.03 Å². The second-order valence-electron chi connectivity index (χ2n) is 3.20. The lowest BCUT2D eigenvalue weighted by molar-refractivity contribution is 0.112. The number of hydrogen-bond donors (Lipinski definition) is 1. The van der Waals surface area contributed by atoms with Gasteiger partial charge in [-0.3, -0.25) is 9.69 Å². The first-order chi connectivity index (χ1) is 7.69. The molecule has 5 nitrogen and oxygen atoms in total. The normalized spacial score (nSPS) is 9.81. The molecule has 0 unspecified atom stereocenters. The van der Waals surface area contributed by atoms with Crippen LogP contribution >= 0.6 is 0 Å². The molecular weight excluding hydrogens is 208 g/mol. The van der Waals surface area contributed by atoms with Gasteiger partial charge in [0, 0.05) is 18.4 Å². The number of carbonyl (C=O) groups excluding carboxylic acids is 2. The Morgan fingerprint density at radius 1 is 1.56 bits per heavy atom. The van der Waals surface area contributed by atoms with E-state index in [0.29, 0.717) is 24.4 Å². The summed E-state index contributed by atoms with van der Waals surface area (Å²) in [4.78, 5) is 23.2. The maximum absolute atomic E-state index is 11.2. The van der Waals surface area contributed by atoms with E-state index >= 15 is 0 Å². The average molecular weight is 222 g/mol. The number of primary amides is 1. The number of urea groups is 1. The first-order valence-corrected chi connectivity index (χ1v) is 4.80. The Morgan fingerprint density at radius 2 is 2.31 bits per heavy atom. The smallest absolute Gasteiger partial charge is 0.319 e. The largest absolute Gasteiger partial charge is 0.383 e. The number of hydrogen-bond acceptors (Lipinski definition) is 3. The van der Waals surface area contributed by atoms with Crippen LogP contribution in [-0.4, -0.2) is 32.6 Å². The van der Waals surface area contributed by atoms with Crippen molar-refractivity contribution in [2.24, 2.45) is 5.73 Å². The quantitative estimate of drug-likeness (QED) is 0.756. The molecule has 0 heterocycles. The third-order valence-electron chi connectivity index (χ3n) is 2.10. The van der Waals surface area contributed by atoms with E-state index in [4.69, 9.17) is 10.5 Å². The van der Waals surface area contributed by atoms with Crippen molar-refractivity contribution in [3.63, 3.8) is 0 Å². The SMILES string of the molecule is COCCN(C(N)=O)c1cccc(C=O)c1. The van der Waals surface area contributed by atoms with Crippen molar-refractivity contribution in [3.05, 3.63) is 29.8 Å². The van der Waals surface area contributed by atoms with Crippen molar-refractivity contribution < 1.29 is 14.3 Å². The fourth-order valence-electron chi connectivity index (χ4n) is 1.32. The van der Waals surface area contributed by atoms with Gasteiger partial charge in [0.25, 0.3) is 0 Å². The molecule has 0 aliphatic heterocycles. The second-order valence-corrected chi connectivity index (χ2v) is 3.20. The number of methoxy groups -OCH3 is 1. The Balaban J connectivity index is 2.91. The maximum atomic E-state index is 11.2. The van der Waals surface area contributed by atoms with Gasteiger partial charge in [-0.15, -0.1) is 0 Å². The van der Waals surface area contributed by atoms with Crippen LogP contribution in [0.3, 0.4) is 0 Å². The van der Waals surface area contributed by atoms with Gasteiger partial charge >= 0.3 is 6.03 Å². The van der Waals surface area contributed by atoms with Gasteiger partial charge in [0.2, 0.25) is 0 Å². The minimum atomic E-state index is -0.569. The van der Waals surface area contributed by atoms with Crippen molar-refractivity contribution in [3.8, 4) is 0 Å². The zero-order valence-corrected chi connectivity index (χ0v) is 9.05. The summed E-state index contributed by atoms with van der Waals surface area (Å²) >= 11 is 0. The molecule has 0 spiro atoms. The highest BCUT2D eigenvalue weighted by Crippen LogP contribution is 2.14. The molecule has 1 aromatic carbocycles. The van der Waals surface area contributed by atoms with Crippen molar-refractivity contribution in [2.75, 3.05) is 25.2 Å². The average Bonchev–Trinajstić information content (AvgIpc) is 2.29. The van der Waals surface area contributed by atoms with Gasteiger partial charge in [-0.1, -0.05) is 12.1 Å². The molecule has 16 heavy (non-hydrogen) atoms. The summed E-state index contributed by atoms with van der Waals surface area (Å²) in [6.45, 7) is 0.738. The number of nitrogens with two attached hydrogens (primary N) is 1. The lowest BCUT2D eigenvalue weighted by Gasteiger charge is -2.20. The summed E-state index contributed by atoms with van der Waals surface area (Å²) in [6.07, 6.45) is 0.721. The third kappa shape index (κ3) is 3.06. The lowest BCUT2D eigenvalue weighted by atomic mass is 10.2. The minimum absolute atomic E-state index is 0.355. The van der Waals surface area contributed by atoms with E-state index in [1.807, 2.05) is 0 Å². The van der Waals surface area contributed by atoms with Gasteiger partial charge in [-0.25, -0.2) is 4.79 Å². The summed E-state index contributed by atoms with van der Waals surface area (Å²) in [7, 11) is 1.54. The van der Waals surface area contributed by atoms with Crippen molar-refractivity contribution in [2.45, 2.75) is 0 Å². The number of ether oxygens (including phenoxy) is 1. The number of rotatable bonds is 5. The zero-order valence-electron chi connectivity index (χ0n) is 9.05. The van der Waals surface area contributed by atoms with E-state index in [-0.39, 0.29) is 0 Å². The Morgan fingerprint density at radius 3 is 2.88 bits per heavy atom. The summed E-state index contributed by atoms with van der Waals surface area (Å²) in [5, 5.41) is 0. The molecule has 0 radical (unpaired) electrons. The van der Waals surface area contributed by atoms with E-state index in [1.165, 1.54) is 4.90 Å². The fourth-order valence-corrected chi connectivity index (χ4v) is 1.32. The van der Waals surface area contributed by atoms with Gasteiger partial charge in [-0.2, -0.15) is 0 Å². The summed E-state index contributed by atoms with van der Waals surface area (Å²) < 4.78 is 4.88. The van der Waals surface area contributed by atoms with Gasteiger partial charge in [0.15, 0.2) is 0 Å². The van der Waals surface area contributed by atoms with Gasteiger partial charge in [0.1, 0.15) is 6.29 Å². The van der Waals surface area contributed by atoms with Crippen LogP contribution in [0.25, 0.3) is 0 Å². The van der Waals surface area contributed by atoms with Gasteiger partial charge in [0.05, 0.1) is 13.2 Å². The van der Waals surface area contributed by atoms with Gasteiger partial charge < -0.3 is 10.5 Å². The number of benzene rings is 1. The summed E-state index contributed by atoms with van der Waals surface area (Å²) in [6, 6.07) is 6.11. The molecule has 1 rings (SSSR count). The van der Waals surface area contributed by atoms with Crippen molar-refractivity contribution in [1.29, 1.82) is 0 Å². The predicted molar refractivity (Wildman–Crippen MR) is 60.6 cm³/mol. The number of carbonyl (C=O) groups is 2. The highest BCUT2D eigenvalue weighted by molar-refractivity contribution is 5.91. The van der Waals surface area contributed by atoms with E-state index in [2.05, 4.69) is 0 Å².